The Morgan fingerprint density at radius 1 is 0.188 bits per heavy atom. The van der Waals surface area contributed by atoms with Gasteiger partial charge in [0.05, 0.1) is 19.8 Å². The summed E-state index contributed by atoms with van der Waals surface area (Å²) in [5.74, 6) is 0. The van der Waals surface area contributed by atoms with E-state index in [1.165, 1.54) is 289 Å². The number of hydrogen-bond acceptors (Lipinski definition) is 9. The monoisotopic (exact) mass is 1310 g/mol. The van der Waals surface area contributed by atoms with Gasteiger partial charge in [-0.15, -0.1) is 0 Å². The summed E-state index contributed by atoms with van der Waals surface area (Å²) >= 11 is 0. The van der Waals surface area contributed by atoms with E-state index in [0.29, 0.717) is 19.8 Å². The fourth-order valence-corrected chi connectivity index (χ4v) is 14.4. The molecule has 0 saturated heterocycles. The van der Waals surface area contributed by atoms with E-state index in [1.807, 2.05) is 0 Å². The predicted octanol–water partition coefficient (Wildman–Crippen LogP) is 25.2. The molecule has 3 unspecified atom stereocenters. The van der Waals surface area contributed by atoms with Crippen LogP contribution in [0.3, 0.4) is 0 Å². The first kappa shape index (κ1) is 92.4. The molecule has 13 heteroatoms. The fraction of sp³-hybridized carbons (Fsp3) is 1.00. The van der Waals surface area contributed by atoms with Crippen LogP contribution in [0.5, 0.6) is 0 Å². The van der Waals surface area contributed by atoms with E-state index >= 15 is 0 Å². The molecular weight excluding hydrogens is 1160 g/mol. The Bertz CT molecular complexity index is 1200. The van der Waals surface area contributed by atoms with Crippen LogP contribution in [-0.2, 0) is 44.0 Å². The first-order valence-electron chi connectivity index (χ1n) is 37.7. The third-order valence-corrected chi connectivity index (χ3v) is 21.0. The molecular formula is C72H150CoO9P3. The van der Waals surface area contributed by atoms with Crippen molar-refractivity contribution in [1.29, 1.82) is 0 Å². The van der Waals surface area contributed by atoms with Crippen molar-refractivity contribution < 1.29 is 58.7 Å². The summed E-state index contributed by atoms with van der Waals surface area (Å²) in [5.41, 5.74) is 0. The zero-order valence-corrected chi connectivity index (χ0v) is 61.7. The maximum atomic E-state index is 11.9. The van der Waals surface area contributed by atoms with E-state index in [9.17, 15) is 28.4 Å². The van der Waals surface area contributed by atoms with Crippen LogP contribution in [0.15, 0.2) is 0 Å². The molecule has 85 heavy (non-hydrogen) atoms. The minimum atomic E-state index is -3.59. The average Bonchev–Trinajstić information content (AvgIpc) is 3.52. The molecule has 0 spiro atoms. The van der Waals surface area contributed by atoms with Crippen LogP contribution in [0, 0.1) is 0 Å². The van der Waals surface area contributed by atoms with Crippen LogP contribution in [0.1, 0.15) is 427 Å². The van der Waals surface area contributed by atoms with Crippen LogP contribution >= 0.6 is 22.8 Å². The van der Waals surface area contributed by atoms with Gasteiger partial charge in [-0.05, 0) is 38.5 Å². The Hall–Kier alpha value is 0.956. The second-order valence-electron chi connectivity index (χ2n) is 25.6. The molecule has 0 amide bonds. The van der Waals surface area contributed by atoms with E-state index < -0.39 is 22.8 Å². The number of rotatable bonds is 69. The summed E-state index contributed by atoms with van der Waals surface area (Å²) in [7, 11) is -10.8. The Morgan fingerprint density at radius 2 is 0.294 bits per heavy atom. The summed E-state index contributed by atoms with van der Waals surface area (Å²) in [6.07, 6.45) is 74.9. The van der Waals surface area contributed by atoms with Crippen LogP contribution in [0.2, 0.25) is 0 Å². The molecule has 0 rings (SSSR count). The quantitative estimate of drug-likeness (QED) is 0.0429. The van der Waals surface area contributed by atoms with Crippen molar-refractivity contribution >= 4 is 22.8 Å². The first-order valence-corrected chi connectivity index (χ1v) is 42.9. The Morgan fingerprint density at radius 3 is 0.424 bits per heavy atom. The molecule has 0 aromatic heterocycles. The summed E-state index contributed by atoms with van der Waals surface area (Å²) in [6, 6.07) is 0. The van der Waals surface area contributed by atoms with Crippen molar-refractivity contribution in [2.45, 2.75) is 427 Å². The van der Waals surface area contributed by atoms with E-state index in [2.05, 4.69) is 41.5 Å². The van der Waals surface area contributed by atoms with Crippen molar-refractivity contribution in [3.05, 3.63) is 0 Å². The molecule has 0 saturated carbocycles. The zero-order valence-electron chi connectivity index (χ0n) is 58.0. The molecule has 0 radical (unpaired) electrons. The molecule has 0 N–H and O–H groups in total. The predicted molar refractivity (Wildman–Crippen MR) is 366 cm³/mol. The molecule has 3 atom stereocenters. The van der Waals surface area contributed by atoms with Gasteiger partial charge in [-0.2, -0.15) is 0 Å². The van der Waals surface area contributed by atoms with Crippen LogP contribution in [-0.4, -0.2) is 38.3 Å². The number of hydrogen-bond donors (Lipinski definition) is 0. The normalized spacial score (nSPS) is 13.5. The van der Waals surface area contributed by atoms with Gasteiger partial charge in [0.1, 0.15) is 22.8 Å². The fourth-order valence-electron chi connectivity index (χ4n) is 11.0. The van der Waals surface area contributed by atoms with Gasteiger partial charge in [-0.25, -0.2) is 0 Å². The van der Waals surface area contributed by atoms with Gasteiger partial charge in [0, 0.05) is 18.5 Å². The smallest absolute Gasteiger partial charge is 0.778 e. The zero-order chi connectivity index (χ0) is 62.3. The molecule has 0 bridgehead atoms. The molecule has 516 valence electrons. The van der Waals surface area contributed by atoms with Gasteiger partial charge in [-0.1, -0.05) is 388 Å². The molecule has 0 aliphatic carbocycles. The minimum absolute atomic E-state index is 0. The van der Waals surface area contributed by atoms with Crippen molar-refractivity contribution in [3.8, 4) is 0 Å². The summed E-state index contributed by atoms with van der Waals surface area (Å²) < 4.78 is 51.3. The molecule has 0 aliphatic rings. The largest absolute Gasteiger partial charge is 3.00 e. The second-order valence-corrected chi connectivity index (χ2v) is 31.4. The SMILES string of the molecule is CCCCCCCCCCCCOP(=O)([O-])CCCCCCCCCCCC.CCCCCCCCCCCCOP(=O)([O-])CCCCCCCCCCCC.CCCCCCCCCCCCOP(=O)([O-])CCCCCCCCCCCC.[Co+3]. The van der Waals surface area contributed by atoms with Gasteiger partial charge < -0.3 is 41.9 Å². The Balaban J connectivity index is -0.000000576. The van der Waals surface area contributed by atoms with Crippen molar-refractivity contribution in [1.82, 2.24) is 0 Å². The third kappa shape index (κ3) is 87.0. The third-order valence-electron chi connectivity index (χ3n) is 16.7. The maximum Gasteiger partial charge on any atom is 3.00 e. The summed E-state index contributed by atoms with van der Waals surface area (Å²) in [6.45, 7) is 14.6. The molecule has 0 fully saturated rings. The van der Waals surface area contributed by atoms with E-state index in [1.54, 1.807) is 0 Å². The molecule has 0 heterocycles. The second kappa shape index (κ2) is 77.4. The van der Waals surface area contributed by atoms with Crippen molar-refractivity contribution in [2.75, 3.05) is 38.3 Å². The van der Waals surface area contributed by atoms with Crippen molar-refractivity contribution in [2.24, 2.45) is 0 Å². The minimum Gasteiger partial charge on any atom is -0.778 e. The molecule has 0 aromatic carbocycles. The van der Waals surface area contributed by atoms with Crippen molar-refractivity contribution in [3.63, 3.8) is 0 Å². The van der Waals surface area contributed by atoms with Gasteiger partial charge in [0.2, 0.25) is 0 Å². The maximum absolute atomic E-state index is 11.9. The van der Waals surface area contributed by atoms with Gasteiger partial charge in [-0.3, -0.25) is 0 Å². The molecule has 9 nitrogen and oxygen atoms in total. The van der Waals surface area contributed by atoms with E-state index in [-0.39, 0.29) is 35.3 Å². The summed E-state index contributed by atoms with van der Waals surface area (Å²) in [4.78, 5) is 35.8. The Labute approximate surface area is 543 Å². The van der Waals surface area contributed by atoms with E-state index in [0.717, 1.165) is 96.3 Å². The first-order chi connectivity index (χ1) is 40.9. The van der Waals surface area contributed by atoms with Gasteiger partial charge >= 0.3 is 16.8 Å². The van der Waals surface area contributed by atoms with Crippen LogP contribution < -0.4 is 14.7 Å². The van der Waals surface area contributed by atoms with Crippen LogP contribution in [0.25, 0.3) is 0 Å². The Kier molecular flexibility index (Phi) is 84.1. The number of unbranched alkanes of at least 4 members (excludes halogenated alkanes) is 54. The molecule has 0 aromatic rings. The standard InChI is InChI=1S/3C24H51O3P.Co/c3*1-3-5-7-9-11-13-15-17-19-21-23-27-28(25,26)24-22-20-18-16-14-12-10-8-6-4-2;/h3*3-24H2,1-2H3,(H,25,26);/q;;;+3/p-3. The molecule has 0 aliphatic heterocycles. The topological polar surface area (TPSA) is 148 Å². The van der Waals surface area contributed by atoms with Gasteiger partial charge in [0.25, 0.3) is 0 Å². The van der Waals surface area contributed by atoms with Gasteiger partial charge in [0.15, 0.2) is 0 Å². The van der Waals surface area contributed by atoms with Crippen LogP contribution in [0.4, 0.5) is 0 Å². The average molecular weight is 1310 g/mol. The van der Waals surface area contributed by atoms with E-state index in [4.69, 9.17) is 13.6 Å². The summed E-state index contributed by atoms with van der Waals surface area (Å²) in [5, 5.41) is 0.